The van der Waals surface area contributed by atoms with E-state index in [2.05, 4.69) is 25.3 Å². The number of unbranched alkanes of at least 4 members (excludes halogenated alkanes) is 18. The van der Waals surface area contributed by atoms with Gasteiger partial charge in [-0.1, -0.05) is 129 Å². The maximum atomic E-state index is 10.5. The summed E-state index contributed by atoms with van der Waals surface area (Å²) in [7, 11) is -4.26. The van der Waals surface area contributed by atoms with E-state index in [1.807, 2.05) is 0 Å². The Morgan fingerprint density at radius 3 is 1.17 bits per heavy atom. The molecule has 0 bridgehead atoms. The van der Waals surface area contributed by atoms with Gasteiger partial charge in [-0.2, -0.15) is 6.42 Å². The Balaban J connectivity index is -0.000000905. The Hall–Kier alpha value is 1.11. The monoisotopic (exact) mass is 458 g/mol. The van der Waals surface area contributed by atoms with Crippen LogP contribution in [0.5, 0.6) is 0 Å². The standard InChI is InChI=1S/C18H39O4P.C6H13.Na/c1-2-3-4-5-6-7-8-9-10-11-12-13-14-15-16-17-18-22-23(19,20)21;1-3-5-6-4-2;/h2-18H2,1H3,(H2,19,20,21);1,3-6H2,2H3;/q;-1;+1. The molecule has 0 aliphatic carbocycles. The molecule has 0 aromatic carbocycles. The summed E-state index contributed by atoms with van der Waals surface area (Å²) >= 11 is 0. The van der Waals surface area contributed by atoms with Gasteiger partial charge in [0.2, 0.25) is 0 Å². The zero-order chi connectivity index (χ0) is 22.1. The fraction of sp³-hybridized carbons (Fsp3) is 0.958. The Labute approximate surface area is 211 Å². The van der Waals surface area contributed by atoms with Gasteiger partial charge in [0.15, 0.2) is 0 Å². The van der Waals surface area contributed by atoms with Crippen molar-refractivity contribution in [3.63, 3.8) is 0 Å². The molecular weight excluding hydrogens is 406 g/mol. The molecule has 0 atom stereocenters. The van der Waals surface area contributed by atoms with E-state index < -0.39 is 7.82 Å². The van der Waals surface area contributed by atoms with Crippen LogP contribution >= 0.6 is 7.82 Å². The summed E-state index contributed by atoms with van der Waals surface area (Å²) in [6.45, 7) is 8.36. The summed E-state index contributed by atoms with van der Waals surface area (Å²) in [5.41, 5.74) is 0. The largest absolute Gasteiger partial charge is 1.00 e. The van der Waals surface area contributed by atoms with E-state index in [1.54, 1.807) is 0 Å². The molecule has 0 unspecified atom stereocenters. The van der Waals surface area contributed by atoms with Crippen LogP contribution in [-0.2, 0) is 9.09 Å². The number of hydrogen-bond donors (Lipinski definition) is 2. The van der Waals surface area contributed by atoms with Crippen molar-refractivity contribution in [2.24, 2.45) is 0 Å². The summed E-state index contributed by atoms with van der Waals surface area (Å²) in [5, 5.41) is 0. The third-order valence-electron chi connectivity index (χ3n) is 5.11. The molecule has 4 nitrogen and oxygen atoms in total. The van der Waals surface area contributed by atoms with Crippen molar-refractivity contribution in [1.82, 2.24) is 0 Å². The van der Waals surface area contributed by atoms with Crippen LogP contribution in [0.2, 0.25) is 0 Å². The molecule has 0 amide bonds. The van der Waals surface area contributed by atoms with Crippen molar-refractivity contribution in [3.8, 4) is 0 Å². The second-order valence-corrected chi connectivity index (χ2v) is 9.43. The van der Waals surface area contributed by atoms with Crippen molar-refractivity contribution in [2.75, 3.05) is 6.61 Å². The zero-order valence-electron chi connectivity index (χ0n) is 20.7. The first-order valence-electron chi connectivity index (χ1n) is 12.5. The molecular formula is C24H52NaO4P. The van der Waals surface area contributed by atoms with E-state index in [-0.39, 0.29) is 36.2 Å². The van der Waals surface area contributed by atoms with Crippen molar-refractivity contribution in [2.45, 2.75) is 142 Å². The van der Waals surface area contributed by atoms with Gasteiger partial charge < -0.3 is 16.7 Å². The van der Waals surface area contributed by atoms with E-state index in [9.17, 15) is 4.57 Å². The van der Waals surface area contributed by atoms with E-state index in [0.29, 0.717) is 0 Å². The van der Waals surface area contributed by atoms with E-state index in [1.165, 1.54) is 103 Å². The quantitative estimate of drug-likeness (QED) is 0.0993. The molecule has 0 rings (SSSR count). The third kappa shape index (κ3) is 39.6. The van der Waals surface area contributed by atoms with Crippen LogP contribution in [-0.4, -0.2) is 16.4 Å². The molecule has 0 fully saturated rings. The molecule has 2 N–H and O–H groups in total. The van der Waals surface area contributed by atoms with Crippen molar-refractivity contribution >= 4 is 7.82 Å². The van der Waals surface area contributed by atoms with Crippen molar-refractivity contribution in [1.29, 1.82) is 0 Å². The minimum absolute atomic E-state index is 0. The topological polar surface area (TPSA) is 66.8 Å². The van der Waals surface area contributed by atoms with Crippen molar-refractivity contribution in [3.05, 3.63) is 6.92 Å². The first kappa shape index (κ1) is 35.7. The molecule has 0 aliphatic heterocycles. The van der Waals surface area contributed by atoms with Crippen LogP contribution in [0.25, 0.3) is 0 Å². The number of phosphoric acid groups is 1. The smallest absolute Gasteiger partial charge is 0.343 e. The summed E-state index contributed by atoms with van der Waals surface area (Å²) in [5.74, 6) is 0. The molecule has 30 heavy (non-hydrogen) atoms. The predicted molar refractivity (Wildman–Crippen MR) is 127 cm³/mol. The average Bonchev–Trinajstić information content (AvgIpc) is 2.68. The summed E-state index contributed by atoms with van der Waals surface area (Å²) in [6.07, 6.45) is 25.8. The molecule has 0 aromatic heterocycles. The van der Waals surface area contributed by atoms with Gasteiger partial charge in [-0.25, -0.2) is 4.57 Å². The number of rotatable bonds is 21. The maximum absolute atomic E-state index is 10.5. The molecule has 0 heterocycles. The fourth-order valence-electron chi connectivity index (χ4n) is 3.26. The second kappa shape index (κ2) is 30.1. The van der Waals surface area contributed by atoms with Gasteiger partial charge in [0.05, 0.1) is 6.61 Å². The first-order valence-corrected chi connectivity index (χ1v) is 14.0. The van der Waals surface area contributed by atoms with Crippen LogP contribution in [0.3, 0.4) is 0 Å². The SMILES string of the molecule is CCCCCCCCCCCCCCCCCCOP(=O)(O)O.[CH2-]CCCCC.[Na+]. The van der Waals surface area contributed by atoms with Gasteiger partial charge in [-0.05, 0) is 6.42 Å². The minimum atomic E-state index is -4.26. The molecule has 0 spiro atoms. The van der Waals surface area contributed by atoms with Crippen LogP contribution in [0.15, 0.2) is 0 Å². The van der Waals surface area contributed by atoms with Gasteiger partial charge in [0.25, 0.3) is 0 Å². The average molecular weight is 459 g/mol. The molecule has 0 radical (unpaired) electrons. The van der Waals surface area contributed by atoms with Gasteiger partial charge >= 0.3 is 37.4 Å². The Kier molecular flexibility index (Phi) is 35.8. The Bertz CT molecular complexity index is 333. The molecule has 0 saturated heterocycles. The normalized spacial score (nSPS) is 11.0. The van der Waals surface area contributed by atoms with Crippen molar-refractivity contribution < 1.29 is 48.4 Å². The minimum Gasteiger partial charge on any atom is -0.343 e. The van der Waals surface area contributed by atoms with Gasteiger partial charge in [-0.15, -0.1) is 0 Å². The van der Waals surface area contributed by atoms with E-state index >= 15 is 0 Å². The molecule has 178 valence electrons. The molecule has 6 heteroatoms. The Morgan fingerprint density at radius 2 is 0.900 bits per heavy atom. The molecule has 0 aromatic rings. The summed E-state index contributed by atoms with van der Waals surface area (Å²) < 4.78 is 14.9. The number of hydrogen-bond acceptors (Lipinski definition) is 2. The second-order valence-electron chi connectivity index (χ2n) is 8.19. The van der Waals surface area contributed by atoms with Crippen LogP contribution in [0.4, 0.5) is 0 Å². The van der Waals surface area contributed by atoms with Gasteiger partial charge in [0.1, 0.15) is 0 Å². The van der Waals surface area contributed by atoms with E-state index in [4.69, 9.17) is 9.79 Å². The van der Waals surface area contributed by atoms with Gasteiger partial charge in [0, 0.05) is 0 Å². The third-order valence-corrected chi connectivity index (χ3v) is 5.63. The fourth-order valence-corrected chi connectivity index (χ4v) is 3.63. The van der Waals surface area contributed by atoms with E-state index in [0.717, 1.165) is 25.7 Å². The molecule has 0 aliphatic rings. The summed E-state index contributed by atoms with van der Waals surface area (Å²) in [4.78, 5) is 17.1. The van der Waals surface area contributed by atoms with Crippen LogP contribution < -0.4 is 29.6 Å². The number of phosphoric ester groups is 1. The predicted octanol–water partition coefficient (Wildman–Crippen LogP) is 5.76. The van der Waals surface area contributed by atoms with Gasteiger partial charge in [-0.3, -0.25) is 4.52 Å². The summed E-state index contributed by atoms with van der Waals surface area (Å²) in [6, 6.07) is 0. The first-order chi connectivity index (χ1) is 14.0. The zero-order valence-corrected chi connectivity index (χ0v) is 23.6. The van der Waals surface area contributed by atoms with Crippen LogP contribution in [0.1, 0.15) is 142 Å². The van der Waals surface area contributed by atoms with Crippen LogP contribution in [0, 0.1) is 6.92 Å². The molecule has 0 saturated carbocycles. The maximum Gasteiger partial charge on any atom is 1.00 e. The Morgan fingerprint density at radius 1 is 0.600 bits per heavy atom.